The van der Waals surface area contributed by atoms with Crippen LogP contribution >= 0.6 is 0 Å². The van der Waals surface area contributed by atoms with Gasteiger partial charge in [-0.25, -0.2) is 17.9 Å². The molecule has 3 rings (SSSR count). The number of esters is 1. The quantitative estimate of drug-likeness (QED) is 0.275. The highest BCUT2D eigenvalue weighted by Gasteiger charge is 2.14. The first-order chi connectivity index (χ1) is 13.7. The van der Waals surface area contributed by atoms with Crippen LogP contribution < -0.4 is 15.1 Å². The van der Waals surface area contributed by atoms with Gasteiger partial charge >= 0.3 is 11.6 Å². The van der Waals surface area contributed by atoms with Crippen molar-refractivity contribution in [3.05, 3.63) is 70.1 Å². The van der Waals surface area contributed by atoms with Crippen molar-refractivity contribution in [2.75, 3.05) is 6.54 Å². The lowest BCUT2D eigenvalue weighted by molar-refractivity contribution is -0.134. The molecule has 0 saturated heterocycles. The Balaban J connectivity index is 1.53. The Kier molecular flexibility index (Phi) is 6.14. The number of hydrogen-bond acceptors (Lipinski definition) is 6. The number of rotatable bonds is 7. The first kappa shape index (κ1) is 20.8. The topological polar surface area (TPSA) is 103 Å². The van der Waals surface area contributed by atoms with Crippen LogP contribution in [0.25, 0.3) is 11.0 Å². The molecular formula is C21H21NO6S. The molecule has 2 aromatic carbocycles. The minimum atomic E-state index is -3.61. The van der Waals surface area contributed by atoms with Gasteiger partial charge in [-0.2, -0.15) is 0 Å². The number of carbonyl (C=O) groups is 1. The predicted molar refractivity (Wildman–Crippen MR) is 108 cm³/mol. The Bertz CT molecular complexity index is 1200. The molecule has 8 heteroatoms. The maximum atomic E-state index is 12.2. The molecule has 7 nitrogen and oxygen atoms in total. The van der Waals surface area contributed by atoms with Gasteiger partial charge in [0.2, 0.25) is 10.0 Å². The number of ether oxygens (including phenoxy) is 1. The number of fused-ring (bicyclic) bond motifs is 1. The van der Waals surface area contributed by atoms with Crippen molar-refractivity contribution < 1.29 is 22.4 Å². The summed E-state index contributed by atoms with van der Waals surface area (Å²) in [5, 5.41) is 0.759. The lowest BCUT2D eigenvalue weighted by Gasteiger charge is -2.08. The summed E-state index contributed by atoms with van der Waals surface area (Å²) in [7, 11) is -3.61. The van der Waals surface area contributed by atoms with Crippen LogP contribution in [-0.4, -0.2) is 20.9 Å². The number of aryl methyl sites for hydroxylation is 2. The van der Waals surface area contributed by atoms with Gasteiger partial charge in [0.1, 0.15) is 11.3 Å². The van der Waals surface area contributed by atoms with Crippen LogP contribution in [0.2, 0.25) is 0 Å². The van der Waals surface area contributed by atoms with E-state index in [9.17, 15) is 18.0 Å². The fourth-order valence-corrected chi connectivity index (χ4v) is 3.87. The molecular weight excluding hydrogens is 394 g/mol. The summed E-state index contributed by atoms with van der Waals surface area (Å²) in [5.74, 6) is -0.245. The normalized spacial score (nSPS) is 11.5. The molecule has 0 unspecified atom stereocenters. The zero-order valence-corrected chi connectivity index (χ0v) is 16.9. The van der Waals surface area contributed by atoms with Crippen LogP contribution in [0.15, 0.2) is 62.6 Å². The molecule has 0 atom stereocenters. The lowest BCUT2D eigenvalue weighted by atomic mass is 10.1. The average Bonchev–Trinajstić information content (AvgIpc) is 2.65. The third-order valence-electron chi connectivity index (χ3n) is 4.34. The highest BCUT2D eigenvalue weighted by molar-refractivity contribution is 7.89. The number of nitrogens with one attached hydrogen (secondary N) is 1. The molecule has 0 amide bonds. The van der Waals surface area contributed by atoms with E-state index in [4.69, 9.17) is 9.15 Å². The van der Waals surface area contributed by atoms with E-state index in [2.05, 4.69) is 4.72 Å². The molecule has 0 radical (unpaired) electrons. The van der Waals surface area contributed by atoms with Gasteiger partial charge in [-0.15, -0.1) is 0 Å². The summed E-state index contributed by atoms with van der Waals surface area (Å²) in [5.41, 5.74) is 1.61. The zero-order chi connectivity index (χ0) is 21.0. The van der Waals surface area contributed by atoms with Crippen LogP contribution in [0.1, 0.15) is 24.0 Å². The van der Waals surface area contributed by atoms with Crippen molar-refractivity contribution in [2.45, 2.75) is 31.6 Å². The fourth-order valence-electron chi connectivity index (χ4n) is 2.79. The maximum absolute atomic E-state index is 12.2. The maximum Gasteiger partial charge on any atom is 0.336 e. The Hall–Kier alpha value is -2.97. The summed E-state index contributed by atoms with van der Waals surface area (Å²) in [6.07, 6.45) is 0.317. The van der Waals surface area contributed by atoms with Crippen molar-refractivity contribution in [2.24, 2.45) is 0 Å². The van der Waals surface area contributed by atoms with Gasteiger partial charge in [0, 0.05) is 30.5 Å². The molecule has 29 heavy (non-hydrogen) atoms. The third kappa shape index (κ3) is 5.30. The molecule has 1 heterocycles. The van der Waals surface area contributed by atoms with E-state index in [0.29, 0.717) is 5.58 Å². The van der Waals surface area contributed by atoms with E-state index in [1.54, 1.807) is 31.2 Å². The van der Waals surface area contributed by atoms with Crippen LogP contribution in [0.3, 0.4) is 0 Å². The van der Waals surface area contributed by atoms with Crippen LogP contribution in [-0.2, 0) is 14.8 Å². The van der Waals surface area contributed by atoms with Crippen molar-refractivity contribution >= 4 is 27.0 Å². The molecule has 0 aliphatic rings. The smallest absolute Gasteiger partial charge is 0.336 e. The van der Waals surface area contributed by atoms with E-state index < -0.39 is 21.6 Å². The molecule has 1 N–H and O–H groups in total. The highest BCUT2D eigenvalue weighted by atomic mass is 32.2. The first-order valence-corrected chi connectivity index (χ1v) is 10.5. The Morgan fingerprint density at radius 1 is 1.07 bits per heavy atom. The van der Waals surface area contributed by atoms with Gasteiger partial charge in [0.05, 0.1) is 4.90 Å². The van der Waals surface area contributed by atoms with Gasteiger partial charge in [0.15, 0.2) is 0 Å². The lowest BCUT2D eigenvalue weighted by Crippen LogP contribution is -2.25. The van der Waals surface area contributed by atoms with Gasteiger partial charge in [-0.05, 0) is 50.1 Å². The molecule has 0 aliphatic heterocycles. The number of sulfonamides is 1. The Labute approximate surface area is 168 Å². The SMILES string of the molecule is Cc1ccc(S(=O)(=O)NCCCC(=O)Oc2ccc3c(C)cc(=O)oc3c2)cc1. The van der Waals surface area contributed by atoms with Gasteiger partial charge in [-0.3, -0.25) is 4.79 Å². The van der Waals surface area contributed by atoms with Crippen molar-refractivity contribution in [3.63, 3.8) is 0 Å². The zero-order valence-electron chi connectivity index (χ0n) is 16.1. The summed E-state index contributed by atoms with van der Waals surface area (Å²) >= 11 is 0. The molecule has 152 valence electrons. The van der Waals surface area contributed by atoms with Gasteiger partial charge < -0.3 is 9.15 Å². The molecule has 3 aromatic rings. The van der Waals surface area contributed by atoms with Crippen LogP contribution in [0.5, 0.6) is 5.75 Å². The second kappa shape index (κ2) is 8.59. The standard InChI is InChI=1S/C21H21NO6S/c1-14-5-8-17(9-6-14)29(25,26)22-11-3-4-20(23)27-16-7-10-18-15(2)12-21(24)28-19(18)13-16/h5-10,12-13,22H,3-4,11H2,1-2H3. The molecule has 0 spiro atoms. The summed E-state index contributed by atoms with van der Waals surface area (Å²) in [6.45, 7) is 3.78. The summed E-state index contributed by atoms with van der Waals surface area (Å²) in [6, 6.07) is 12.7. The Morgan fingerprint density at radius 2 is 1.79 bits per heavy atom. The largest absolute Gasteiger partial charge is 0.426 e. The van der Waals surface area contributed by atoms with Gasteiger partial charge in [0.25, 0.3) is 0 Å². The minimum Gasteiger partial charge on any atom is -0.426 e. The van der Waals surface area contributed by atoms with E-state index >= 15 is 0 Å². The first-order valence-electron chi connectivity index (χ1n) is 9.06. The minimum absolute atomic E-state index is 0.0339. The van der Waals surface area contributed by atoms with E-state index in [0.717, 1.165) is 16.5 Å². The molecule has 0 bridgehead atoms. The summed E-state index contributed by atoms with van der Waals surface area (Å²) in [4.78, 5) is 23.7. The van der Waals surface area contributed by atoms with Crippen molar-refractivity contribution in [1.82, 2.24) is 4.72 Å². The molecule has 1 aromatic heterocycles. The molecule has 0 saturated carbocycles. The van der Waals surface area contributed by atoms with Crippen molar-refractivity contribution in [1.29, 1.82) is 0 Å². The Morgan fingerprint density at radius 3 is 2.52 bits per heavy atom. The summed E-state index contributed by atoms with van der Waals surface area (Å²) < 4.78 is 37.2. The fraction of sp³-hybridized carbons (Fsp3) is 0.238. The second-order valence-electron chi connectivity index (χ2n) is 6.69. The van der Waals surface area contributed by atoms with E-state index in [1.165, 1.54) is 24.3 Å². The third-order valence-corrected chi connectivity index (χ3v) is 5.81. The number of carbonyl (C=O) groups excluding carboxylic acids is 1. The molecule has 0 aliphatic carbocycles. The van der Waals surface area contributed by atoms with E-state index in [1.807, 2.05) is 6.92 Å². The monoisotopic (exact) mass is 415 g/mol. The highest BCUT2D eigenvalue weighted by Crippen LogP contribution is 2.22. The van der Waals surface area contributed by atoms with E-state index in [-0.39, 0.29) is 30.0 Å². The predicted octanol–water partition coefficient (Wildman–Crippen LogP) is 3.07. The molecule has 0 fully saturated rings. The second-order valence-corrected chi connectivity index (χ2v) is 8.46. The average molecular weight is 415 g/mol. The number of benzene rings is 2. The van der Waals surface area contributed by atoms with Crippen LogP contribution in [0.4, 0.5) is 0 Å². The van der Waals surface area contributed by atoms with Crippen LogP contribution in [0, 0.1) is 13.8 Å². The van der Waals surface area contributed by atoms with Gasteiger partial charge in [-0.1, -0.05) is 17.7 Å². The number of hydrogen-bond donors (Lipinski definition) is 1. The van der Waals surface area contributed by atoms with Crippen molar-refractivity contribution in [3.8, 4) is 5.75 Å².